The second-order valence-electron chi connectivity index (χ2n) is 8.04. The highest BCUT2D eigenvalue weighted by Gasteiger charge is 2.39. The van der Waals surface area contributed by atoms with Gasteiger partial charge in [0.05, 0.1) is 12.0 Å². The van der Waals surface area contributed by atoms with E-state index in [0.717, 1.165) is 35.1 Å². The lowest BCUT2D eigenvalue weighted by Gasteiger charge is -2.33. The van der Waals surface area contributed by atoms with Crippen LogP contribution >= 0.6 is 0 Å². The summed E-state index contributed by atoms with van der Waals surface area (Å²) < 4.78 is 39.8. The van der Waals surface area contributed by atoms with Crippen molar-refractivity contribution in [1.82, 2.24) is 14.4 Å². The largest absolute Gasteiger partial charge is 0.497 e. The van der Waals surface area contributed by atoms with Crippen molar-refractivity contribution in [3.05, 3.63) is 59.0 Å². The minimum absolute atomic E-state index is 0.323. The number of piperidine rings is 1. The minimum atomic E-state index is -3.72. The second kappa shape index (κ2) is 8.43. The molecule has 0 aliphatic carbocycles. The quantitative estimate of drug-likeness (QED) is 0.576. The molecular weight excluding hydrogens is 414 g/mol. The first-order valence-corrected chi connectivity index (χ1v) is 11.8. The van der Waals surface area contributed by atoms with Crippen molar-refractivity contribution in [3.8, 4) is 17.1 Å². The minimum Gasteiger partial charge on any atom is -0.497 e. The SMILES string of the molecule is COc1cccc(-c2noc(C3CCCCN3S(=O)(=O)c3c(C)cc(C)cc3C)n2)c1. The zero-order chi connectivity index (χ0) is 22.2. The van der Waals surface area contributed by atoms with Gasteiger partial charge in [-0.05, 0) is 56.9 Å². The van der Waals surface area contributed by atoms with Gasteiger partial charge in [-0.25, -0.2) is 8.42 Å². The van der Waals surface area contributed by atoms with Gasteiger partial charge >= 0.3 is 0 Å². The third-order valence-corrected chi connectivity index (χ3v) is 7.89. The summed E-state index contributed by atoms with van der Waals surface area (Å²) >= 11 is 0. The van der Waals surface area contributed by atoms with E-state index in [4.69, 9.17) is 9.26 Å². The molecule has 0 saturated carbocycles. The standard InChI is InChI=1S/C23H27N3O4S/c1-15-12-16(2)21(17(3)13-15)31(27,28)26-11-6-5-10-20(26)23-24-22(25-30-23)18-8-7-9-19(14-18)29-4/h7-9,12-14,20H,5-6,10-11H2,1-4H3. The van der Waals surface area contributed by atoms with E-state index < -0.39 is 16.1 Å². The summed E-state index contributed by atoms with van der Waals surface area (Å²) in [7, 11) is -2.12. The van der Waals surface area contributed by atoms with Crippen LogP contribution in [0.3, 0.4) is 0 Å². The molecule has 1 saturated heterocycles. The molecule has 2 aromatic carbocycles. The summed E-state index contributed by atoms with van der Waals surface area (Å²) in [6.45, 7) is 6.09. The molecule has 0 amide bonds. The first-order chi connectivity index (χ1) is 14.8. The lowest BCUT2D eigenvalue weighted by molar-refractivity contribution is 0.204. The Morgan fingerprint density at radius 3 is 2.55 bits per heavy atom. The second-order valence-corrected chi connectivity index (χ2v) is 9.87. The highest BCUT2D eigenvalue weighted by atomic mass is 32.2. The summed E-state index contributed by atoms with van der Waals surface area (Å²) in [5.41, 5.74) is 3.31. The van der Waals surface area contributed by atoms with Gasteiger partial charge < -0.3 is 9.26 Å². The Bertz CT molecular complexity index is 1180. The van der Waals surface area contributed by atoms with E-state index in [9.17, 15) is 8.42 Å². The number of nitrogens with zero attached hydrogens (tertiary/aromatic N) is 3. The Labute approximate surface area is 183 Å². The fourth-order valence-electron chi connectivity index (χ4n) is 4.38. The van der Waals surface area contributed by atoms with Crippen molar-refractivity contribution in [2.45, 2.75) is 51.0 Å². The topological polar surface area (TPSA) is 85.5 Å². The Morgan fingerprint density at radius 1 is 1.10 bits per heavy atom. The normalized spacial score (nSPS) is 17.6. The van der Waals surface area contributed by atoms with Crippen LogP contribution in [-0.4, -0.2) is 36.5 Å². The average Bonchev–Trinajstić information content (AvgIpc) is 3.23. The van der Waals surface area contributed by atoms with E-state index >= 15 is 0 Å². The summed E-state index contributed by atoms with van der Waals surface area (Å²) in [5, 5.41) is 4.11. The first kappa shape index (κ1) is 21.5. The average molecular weight is 442 g/mol. The maximum absolute atomic E-state index is 13.7. The summed E-state index contributed by atoms with van der Waals surface area (Å²) in [5.74, 6) is 1.43. The number of hydrogen-bond acceptors (Lipinski definition) is 6. The molecule has 1 aliphatic heterocycles. The maximum atomic E-state index is 13.7. The van der Waals surface area contributed by atoms with Crippen LogP contribution in [-0.2, 0) is 10.0 Å². The van der Waals surface area contributed by atoms with Gasteiger partial charge in [-0.3, -0.25) is 0 Å². The molecule has 1 aliphatic rings. The van der Waals surface area contributed by atoms with Gasteiger partial charge in [0, 0.05) is 12.1 Å². The van der Waals surface area contributed by atoms with Gasteiger partial charge in [-0.15, -0.1) is 0 Å². The molecule has 7 nitrogen and oxygen atoms in total. The lowest BCUT2D eigenvalue weighted by Crippen LogP contribution is -2.39. The number of ether oxygens (including phenoxy) is 1. The molecule has 0 bridgehead atoms. The smallest absolute Gasteiger partial charge is 0.245 e. The molecule has 1 fully saturated rings. The lowest BCUT2D eigenvalue weighted by atomic mass is 10.1. The van der Waals surface area contributed by atoms with E-state index in [1.165, 1.54) is 4.31 Å². The van der Waals surface area contributed by atoms with Gasteiger partial charge in [-0.2, -0.15) is 9.29 Å². The van der Waals surface area contributed by atoms with E-state index in [1.54, 1.807) is 7.11 Å². The molecule has 2 heterocycles. The molecule has 0 radical (unpaired) electrons. The van der Waals surface area contributed by atoms with Crippen LogP contribution in [0.25, 0.3) is 11.4 Å². The predicted octanol–water partition coefficient (Wildman–Crippen LogP) is 4.59. The number of hydrogen-bond donors (Lipinski definition) is 0. The molecule has 0 spiro atoms. The van der Waals surface area contributed by atoms with Crippen LogP contribution in [0.5, 0.6) is 5.75 Å². The third kappa shape index (κ3) is 4.09. The zero-order valence-electron chi connectivity index (χ0n) is 18.3. The molecule has 3 aromatic rings. The number of methoxy groups -OCH3 is 1. The number of benzene rings is 2. The van der Waals surface area contributed by atoms with Gasteiger partial charge in [0.1, 0.15) is 11.8 Å². The Balaban J connectivity index is 1.71. The van der Waals surface area contributed by atoms with Crippen LogP contribution in [0.15, 0.2) is 45.8 Å². The first-order valence-electron chi connectivity index (χ1n) is 10.4. The highest BCUT2D eigenvalue weighted by molar-refractivity contribution is 7.89. The van der Waals surface area contributed by atoms with Gasteiger partial charge in [0.15, 0.2) is 0 Å². The van der Waals surface area contributed by atoms with Crippen molar-refractivity contribution in [2.24, 2.45) is 0 Å². The zero-order valence-corrected chi connectivity index (χ0v) is 19.1. The van der Waals surface area contributed by atoms with E-state index in [1.807, 2.05) is 57.2 Å². The molecule has 31 heavy (non-hydrogen) atoms. The number of sulfonamides is 1. The van der Waals surface area contributed by atoms with E-state index in [-0.39, 0.29) is 0 Å². The van der Waals surface area contributed by atoms with E-state index in [0.29, 0.717) is 35.3 Å². The molecule has 8 heteroatoms. The van der Waals surface area contributed by atoms with Gasteiger partial charge in [-0.1, -0.05) is 41.4 Å². The Morgan fingerprint density at radius 2 is 1.84 bits per heavy atom. The molecule has 1 unspecified atom stereocenters. The Kier molecular flexibility index (Phi) is 5.85. The monoisotopic (exact) mass is 441 g/mol. The summed E-state index contributed by atoms with van der Waals surface area (Å²) in [4.78, 5) is 4.93. The fraction of sp³-hybridized carbons (Fsp3) is 0.391. The molecule has 0 N–H and O–H groups in total. The van der Waals surface area contributed by atoms with Crippen LogP contribution in [0, 0.1) is 20.8 Å². The molecular formula is C23H27N3O4S. The van der Waals surface area contributed by atoms with Crippen LogP contribution < -0.4 is 4.74 Å². The number of rotatable bonds is 5. The highest BCUT2D eigenvalue weighted by Crippen LogP contribution is 2.37. The molecule has 164 valence electrons. The molecule has 1 aromatic heterocycles. The number of aromatic nitrogens is 2. The van der Waals surface area contributed by atoms with Crippen molar-refractivity contribution in [2.75, 3.05) is 13.7 Å². The van der Waals surface area contributed by atoms with Crippen LogP contribution in [0.1, 0.15) is 47.9 Å². The van der Waals surface area contributed by atoms with Gasteiger partial charge in [0.25, 0.3) is 0 Å². The maximum Gasteiger partial charge on any atom is 0.245 e. The molecule has 4 rings (SSSR count). The van der Waals surface area contributed by atoms with Crippen molar-refractivity contribution in [3.63, 3.8) is 0 Å². The third-order valence-electron chi connectivity index (χ3n) is 5.68. The van der Waals surface area contributed by atoms with Crippen LogP contribution in [0.2, 0.25) is 0 Å². The fourth-order valence-corrected chi connectivity index (χ4v) is 6.45. The van der Waals surface area contributed by atoms with E-state index in [2.05, 4.69) is 10.1 Å². The number of aryl methyl sites for hydroxylation is 3. The predicted molar refractivity (Wildman–Crippen MR) is 117 cm³/mol. The molecule has 1 atom stereocenters. The van der Waals surface area contributed by atoms with Crippen molar-refractivity contribution in [1.29, 1.82) is 0 Å². The van der Waals surface area contributed by atoms with Gasteiger partial charge in [0.2, 0.25) is 21.7 Å². The van der Waals surface area contributed by atoms with Crippen LogP contribution in [0.4, 0.5) is 0 Å². The summed E-state index contributed by atoms with van der Waals surface area (Å²) in [6, 6.07) is 10.7. The Hall–Kier alpha value is -2.71. The summed E-state index contributed by atoms with van der Waals surface area (Å²) in [6.07, 6.45) is 2.35. The van der Waals surface area contributed by atoms with Crippen molar-refractivity contribution >= 4 is 10.0 Å². The van der Waals surface area contributed by atoms with Crippen molar-refractivity contribution < 1.29 is 17.7 Å².